The number of sulfonamides is 1. The largest absolute Gasteiger partial charge is 0.429 e. The lowest BCUT2D eigenvalue weighted by Crippen LogP contribution is -2.53. The molecule has 10 nitrogen and oxygen atoms in total. The molecular weight excluding hydrogens is 583 g/mol. The second-order valence-corrected chi connectivity index (χ2v) is 14.9. The smallest absolute Gasteiger partial charge is 0.351 e. The first kappa shape index (κ1) is 32.1. The minimum atomic E-state index is -3.35. The van der Waals surface area contributed by atoms with E-state index in [9.17, 15) is 13.2 Å². The van der Waals surface area contributed by atoms with Gasteiger partial charge in [-0.1, -0.05) is 81.4 Å². The summed E-state index contributed by atoms with van der Waals surface area (Å²) in [6.45, 7) is 7.89. The van der Waals surface area contributed by atoms with Crippen LogP contribution in [0.3, 0.4) is 0 Å². The van der Waals surface area contributed by atoms with E-state index in [1.54, 1.807) is 0 Å². The molecule has 2 aliphatic rings. The molecule has 44 heavy (non-hydrogen) atoms. The number of nitrogens with one attached hydrogen (secondary N) is 1. The average Bonchev–Trinajstić information content (AvgIpc) is 3.59. The van der Waals surface area contributed by atoms with Crippen LogP contribution in [0.4, 0.5) is 9.18 Å². The van der Waals surface area contributed by atoms with E-state index in [1.807, 2.05) is 87.6 Å². The molecule has 0 bridgehead atoms. The molecule has 3 heterocycles. The van der Waals surface area contributed by atoms with Crippen LogP contribution in [-0.4, -0.2) is 96.1 Å². The lowest BCUT2D eigenvalue weighted by molar-refractivity contribution is -0.135. The molecule has 0 saturated carbocycles. The molecule has 0 unspecified atom stereocenters. The predicted molar refractivity (Wildman–Crippen MR) is 168 cm³/mol. The number of alkyl halides is 1. The molecule has 0 radical (unpaired) electrons. The SMILES string of the molecule is CC(C)(C)[C@H](c1nc(-c2ccccc2)cn1Cc1ccccc1)N(C[C@@]1(F)CCNC1)C(=O)ON1CCN(S(C)(=O)=O)CC1. The Kier molecular flexibility index (Phi) is 9.45. The lowest BCUT2D eigenvalue weighted by Gasteiger charge is -2.42. The summed E-state index contributed by atoms with van der Waals surface area (Å²) in [6.07, 6.45) is 2.75. The first-order valence-electron chi connectivity index (χ1n) is 15.1. The number of hydrogen-bond acceptors (Lipinski definition) is 7. The highest BCUT2D eigenvalue weighted by Crippen LogP contribution is 2.41. The van der Waals surface area contributed by atoms with Crippen LogP contribution >= 0.6 is 0 Å². The molecule has 5 rings (SSSR count). The van der Waals surface area contributed by atoms with Gasteiger partial charge in [-0.15, -0.1) is 5.06 Å². The van der Waals surface area contributed by atoms with Gasteiger partial charge in [-0.05, 0) is 23.9 Å². The highest BCUT2D eigenvalue weighted by Gasteiger charge is 2.46. The summed E-state index contributed by atoms with van der Waals surface area (Å²) >= 11 is 0. The zero-order chi connectivity index (χ0) is 31.5. The van der Waals surface area contributed by atoms with Crippen molar-refractivity contribution in [1.29, 1.82) is 0 Å². The molecule has 1 amide bonds. The van der Waals surface area contributed by atoms with Gasteiger partial charge in [0.2, 0.25) is 10.0 Å². The minimum Gasteiger partial charge on any atom is -0.351 e. The molecule has 3 aromatic rings. The summed E-state index contributed by atoms with van der Waals surface area (Å²) in [4.78, 5) is 26.6. The van der Waals surface area contributed by atoms with Gasteiger partial charge in [-0.3, -0.25) is 4.90 Å². The minimum absolute atomic E-state index is 0.133. The number of hydrogen-bond donors (Lipinski definition) is 1. The van der Waals surface area contributed by atoms with E-state index in [0.717, 1.165) is 16.8 Å². The third kappa shape index (κ3) is 7.66. The summed E-state index contributed by atoms with van der Waals surface area (Å²) < 4.78 is 43.7. The number of carbonyl (C=O) groups excluding carboxylic acids is 1. The van der Waals surface area contributed by atoms with Crippen molar-refractivity contribution in [2.45, 2.75) is 45.4 Å². The van der Waals surface area contributed by atoms with Crippen LogP contribution in [0.5, 0.6) is 0 Å². The Labute approximate surface area is 259 Å². The number of piperazine rings is 1. The van der Waals surface area contributed by atoms with Gasteiger partial charge in [0.25, 0.3) is 0 Å². The number of nitrogens with zero attached hydrogens (tertiary/aromatic N) is 5. The molecule has 238 valence electrons. The Morgan fingerprint density at radius 2 is 1.70 bits per heavy atom. The maximum absolute atomic E-state index is 16.2. The molecule has 2 saturated heterocycles. The zero-order valence-electron chi connectivity index (χ0n) is 25.9. The van der Waals surface area contributed by atoms with Gasteiger partial charge in [0.05, 0.1) is 24.5 Å². The fourth-order valence-corrected chi connectivity index (χ4v) is 6.79. The Morgan fingerprint density at radius 1 is 1.07 bits per heavy atom. The number of rotatable bonds is 9. The van der Waals surface area contributed by atoms with Crippen molar-refractivity contribution in [2.24, 2.45) is 5.41 Å². The molecule has 1 N–H and O–H groups in total. The topological polar surface area (TPSA) is 100 Å². The van der Waals surface area contributed by atoms with Gasteiger partial charge < -0.3 is 14.7 Å². The molecule has 2 aromatic carbocycles. The van der Waals surface area contributed by atoms with E-state index in [2.05, 4.69) is 9.88 Å². The monoisotopic (exact) mass is 626 g/mol. The van der Waals surface area contributed by atoms with Crippen molar-refractivity contribution in [3.8, 4) is 11.3 Å². The molecule has 2 aliphatic heterocycles. The van der Waals surface area contributed by atoms with Gasteiger partial charge in [-0.25, -0.2) is 22.6 Å². The Balaban J connectivity index is 1.53. The van der Waals surface area contributed by atoms with Crippen LogP contribution in [-0.2, 0) is 21.4 Å². The van der Waals surface area contributed by atoms with Crippen LogP contribution in [0.15, 0.2) is 66.9 Å². The summed E-state index contributed by atoms with van der Waals surface area (Å²) in [6, 6.07) is 19.2. The number of imidazole rings is 1. The van der Waals surface area contributed by atoms with E-state index < -0.39 is 33.2 Å². The van der Waals surface area contributed by atoms with Gasteiger partial charge >= 0.3 is 6.09 Å². The van der Waals surface area contributed by atoms with Gasteiger partial charge in [0, 0.05) is 51.0 Å². The highest BCUT2D eigenvalue weighted by atomic mass is 32.2. The normalized spacial score (nSPS) is 20.8. The fraction of sp³-hybridized carbons (Fsp3) is 0.500. The Hall–Kier alpha value is -3.32. The maximum atomic E-state index is 16.2. The molecule has 12 heteroatoms. The summed E-state index contributed by atoms with van der Waals surface area (Å²) in [5.74, 6) is 0.633. The van der Waals surface area contributed by atoms with Crippen molar-refractivity contribution in [3.05, 3.63) is 78.2 Å². The average molecular weight is 627 g/mol. The van der Waals surface area contributed by atoms with Crippen LogP contribution < -0.4 is 5.32 Å². The van der Waals surface area contributed by atoms with Crippen molar-refractivity contribution in [1.82, 2.24) is 29.1 Å². The molecule has 2 fully saturated rings. The van der Waals surface area contributed by atoms with E-state index in [-0.39, 0.29) is 45.7 Å². The zero-order valence-corrected chi connectivity index (χ0v) is 26.8. The maximum Gasteiger partial charge on any atom is 0.429 e. The standard InChI is InChI=1S/C32H43FN6O4S/c1-31(2,3)28(29-35-27(26-13-9-6-10-14-26)22-36(29)21-25-11-7-5-8-12-25)39(24-32(33)15-16-34-23-32)30(40)43-37-17-19-38(20-18-37)44(4,41)42/h5-14,22,28,34H,15-21,23-24H2,1-4H3/t28-,32+/m0/s1. The molecule has 0 aliphatic carbocycles. The summed E-state index contributed by atoms with van der Waals surface area (Å²) in [7, 11) is -3.35. The fourth-order valence-electron chi connectivity index (χ4n) is 5.97. The number of amides is 1. The third-order valence-corrected chi connectivity index (χ3v) is 9.51. The Morgan fingerprint density at radius 3 is 2.27 bits per heavy atom. The van der Waals surface area contributed by atoms with Crippen LogP contribution in [0.25, 0.3) is 11.3 Å². The number of hydroxylamine groups is 2. The van der Waals surface area contributed by atoms with Gasteiger partial charge in [0.1, 0.15) is 11.5 Å². The second kappa shape index (κ2) is 13.0. The lowest BCUT2D eigenvalue weighted by atomic mass is 9.84. The summed E-state index contributed by atoms with van der Waals surface area (Å²) in [5.41, 5.74) is 0.556. The molecule has 2 atom stereocenters. The number of carbonyl (C=O) groups is 1. The number of halogens is 1. The van der Waals surface area contributed by atoms with E-state index in [4.69, 9.17) is 9.82 Å². The van der Waals surface area contributed by atoms with Crippen LogP contribution in [0, 0.1) is 5.41 Å². The quantitative estimate of drug-likeness (QED) is 0.378. The first-order chi connectivity index (χ1) is 20.8. The molecule has 0 spiro atoms. The van der Waals surface area contributed by atoms with E-state index in [1.165, 1.54) is 20.5 Å². The van der Waals surface area contributed by atoms with Crippen LogP contribution in [0.1, 0.15) is 44.6 Å². The molecule has 1 aromatic heterocycles. The predicted octanol–water partition coefficient (Wildman–Crippen LogP) is 4.32. The highest BCUT2D eigenvalue weighted by molar-refractivity contribution is 7.88. The van der Waals surface area contributed by atoms with Crippen molar-refractivity contribution in [2.75, 3.05) is 52.1 Å². The Bertz CT molecular complexity index is 1510. The number of aromatic nitrogens is 2. The van der Waals surface area contributed by atoms with Crippen LogP contribution in [0.2, 0.25) is 0 Å². The molecular formula is C32H43FN6O4S. The second-order valence-electron chi connectivity index (χ2n) is 12.9. The van der Waals surface area contributed by atoms with Crippen molar-refractivity contribution < 1.29 is 22.4 Å². The van der Waals surface area contributed by atoms with E-state index >= 15 is 4.39 Å². The third-order valence-electron chi connectivity index (χ3n) is 8.20. The van der Waals surface area contributed by atoms with Gasteiger partial charge in [-0.2, -0.15) is 4.31 Å². The van der Waals surface area contributed by atoms with E-state index in [0.29, 0.717) is 18.9 Å². The number of benzene rings is 2. The first-order valence-corrected chi connectivity index (χ1v) is 16.9. The van der Waals surface area contributed by atoms with Gasteiger partial charge in [0.15, 0.2) is 0 Å². The van der Waals surface area contributed by atoms with Crippen molar-refractivity contribution in [3.63, 3.8) is 0 Å². The summed E-state index contributed by atoms with van der Waals surface area (Å²) in [5, 5.41) is 4.57. The van der Waals surface area contributed by atoms with Crippen molar-refractivity contribution >= 4 is 16.1 Å².